The van der Waals surface area contributed by atoms with E-state index in [1.807, 2.05) is 0 Å². The minimum atomic E-state index is -0.666. The van der Waals surface area contributed by atoms with Crippen LogP contribution in [0.5, 0.6) is 0 Å². The topological polar surface area (TPSA) is 90.9 Å². The van der Waals surface area contributed by atoms with E-state index in [1.165, 1.54) is 39.7 Å². The average molecular weight is 442 g/mol. The zero-order valence-electron chi connectivity index (χ0n) is 16.4. The predicted octanol–water partition coefficient (Wildman–Crippen LogP) is 2.38. The first kappa shape index (κ1) is 20.5. The van der Waals surface area contributed by atoms with Crippen LogP contribution in [-0.2, 0) is 24.9 Å². The lowest BCUT2D eigenvalue weighted by molar-refractivity contribution is -0.116. The molecule has 31 heavy (non-hydrogen) atoms. The second kappa shape index (κ2) is 8.19. The summed E-state index contributed by atoms with van der Waals surface area (Å²) < 4.78 is 16.8. The van der Waals surface area contributed by atoms with Crippen molar-refractivity contribution in [1.29, 1.82) is 0 Å². The quantitative estimate of drug-likeness (QED) is 0.515. The number of hydrogen-bond donors (Lipinski definition) is 1. The lowest BCUT2D eigenvalue weighted by Crippen LogP contribution is -2.41. The van der Waals surface area contributed by atoms with Crippen molar-refractivity contribution in [2.45, 2.75) is 13.1 Å². The van der Waals surface area contributed by atoms with Crippen LogP contribution < -0.4 is 16.6 Å². The number of fused-ring (bicyclic) bond motifs is 1. The van der Waals surface area contributed by atoms with Crippen LogP contribution in [0.1, 0.15) is 5.56 Å². The molecular weight excluding hydrogens is 425 g/mol. The summed E-state index contributed by atoms with van der Waals surface area (Å²) in [6.45, 7) is -0.406. The summed E-state index contributed by atoms with van der Waals surface area (Å²) >= 11 is 5.85. The Balaban J connectivity index is 1.74. The van der Waals surface area contributed by atoms with E-state index < -0.39 is 23.0 Å². The van der Waals surface area contributed by atoms with E-state index in [0.29, 0.717) is 16.3 Å². The third-order valence-corrected chi connectivity index (χ3v) is 4.95. The molecule has 0 aliphatic heterocycles. The van der Waals surface area contributed by atoms with Gasteiger partial charge in [0.2, 0.25) is 5.91 Å². The summed E-state index contributed by atoms with van der Waals surface area (Å²) in [7, 11) is 1.62. The number of aromatic nitrogens is 4. The molecule has 2 aromatic carbocycles. The van der Waals surface area contributed by atoms with Crippen LogP contribution in [0.15, 0.2) is 64.3 Å². The average Bonchev–Trinajstić information content (AvgIpc) is 3.13. The number of carbonyl (C=O) groups is 1. The lowest BCUT2D eigenvalue weighted by Gasteiger charge is -2.12. The van der Waals surface area contributed by atoms with E-state index in [1.54, 1.807) is 31.3 Å². The van der Waals surface area contributed by atoms with Crippen molar-refractivity contribution in [2.75, 3.05) is 5.32 Å². The Morgan fingerprint density at radius 1 is 1.06 bits per heavy atom. The van der Waals surface area contributed by atoms with Crippen LogP contribution in [0.2, 0.25) is 5.02 Å². The van der Waals surface area contributed by atoms with Crippen LogP contribution in [0.3, 0.4) is 0 Å². The van der Waals surface area contributed by atoms with E-state index in [0.717, 1.165) is 4.57 Å². The van der Waals surface area contributed by atoms with Gasteiger partial charge in [-0.3, -0.25) is 23.4 Å². The van der Waals surface area contributed by atoms with Crippen LogP contribution in [0, 0.1) is 5.82 Å². The first-order chi connectivity index (χ1) is 14.8. The van der Waals surface area contributed by atoms with Gasteiger partial charge in [-0.25, -0.2) is 9.18 Å². The van der Waals surface area contributed by atoms with Crippen LogP contribution in [-0.4, -0.2) is 24.8 Å². The Morgan fingerprint density at radius 3 is 2.42 bits per heavy atom. The van der Waals surface area contributed by atoms with Crippen molar-refractivity contribution in [2.24, 2.45) is 7.05 Å². The number of anilines is 1. The standard InChI is InChI=1S/C21H17ClFN5O3/c1-26-11-17-19(25-26)20(30)28(10-13-2-6-15(23)7-3-13)21(31)27(17)12-18(29)24-16-8-4-14(22)5-9-16/h2-9,11H,10,12H2,1H3,(H,24,29). The van der Waals surface area contributed by atoms with Gasteiger partial charge >= 0.3 is 5.69 Å². The molecule has 0 spiro atoms. The lowest BCUT2D eigenvalue weighted by atomic mass is 10.2. The number of rotatable bonds is 5. The van der Waals surface area contributed by atoms with Gasteiger partial charge in [-0.15, -0.1) is 0 Å². The van der Waals surface area contributed by atoms with E-state index in [9.17, 15) is 18.8 Å². The summed E-state index contributed by atoms with van der Waals surface area (Å²) in [4.78, 5) is 38.6. The molecule has 0 bridgehead atoms. The highest BCUT2D eigenvalue weighted by Crippen LogP contribution is 2.14. The van der Waals surface area contributed by atoms with Gasteiger partial charge in [0.05, 0.1) is 12.1 Å². The second-order valence-electron chi connectivity index (χ2n) is 6.98. The Bertz CT molecular complexity index is 1390. The van der Waals surface area contributed by atoms with Crippen molar-refractivity contribution in [3.8, 4) is 0 Å². The largest absolute Gasteiger partial charge is 0.332 e. The van der Waals surface area contributed by atoms with Gasteiger partial charge in [0.1, 0.15) is 12.4 Å². The Morgan fingerprint density at radius 2 is 1.74 bits per heavy atom. The first-order valence-corrected chi connectivity index (χ1v) is 9.66. The smallest absolute Gasteiger partial charge is 0.325 e. The van der Waals surface area contributed by atoms with Gasteiger partial charge in [0.15, 0.2) is 5.52 Å². The minimum Gasteiger partial charge on any atom is -0.325 e. The molecule has 0 aliphatic carbocycles. The molecule has 8 nitrogen and oxygen atoms in total. The number of benzene rings is 2. The molecule has 10 heteroatoms. The van der Waals surface area contributed by atoms with Crippen molar-refractivity contribution < 1.29 is 9.18 Å². The maximum Gasteiger partial charge on any atom is 0.332 e. The van der Waals surface area contributed by atoms with E-state index in [2.05, 4.69) is 10.4 Å². The van der Waals surface area contributed by atoms with Gasteiger partial charge in [-0.05, 0) is 42.0 Å². The molecule has 0 saturated carbocycles. The van der Waals surface area contributed by atoms with E-state index >= 15 is 0 Å². The first-order valence-electron chi connectivity index (χ1n) is 9.28. The van der Waals surface area contributed by atoms with Crippen molar-refractivity contribution >= 4 is 34.2 Å². The van der Waals surface area contributed by atoms with Gasteiger partial charge in [-0.2, -0.15) is 5.10 Å². The molecule has 0 unspecified atom stereocenters. The summed E-state index contributed by atoms with van der Waals surface area (Å²) in [5.41, 5.74) is 0.139. The SMILES string of the molecule is Cn1cc2c(n1)c(=O)n(Cc1ccc(F)cc1)c(=O)n2CC(=O)Nc1ccc(Cl)cc1. The number of nitrogens with zero attached hydrogens (tertiary/aromatic N) is 4. The zero-order valence-corrected chi connectivity index (χ0v) is 17.1. The number of amides is 1. The molecule has 1 N–H and O–H groups in total. The Hall–Kier alpha value is -3.72. The highest BCUT2D eigenvalue weighted by molar-refractivity contribution is 6.30. The molecule has 0 saturated heterocycles. The number of halogens is 2. The highest BCUT2D eigenvalue weighted by Gasteiger charge is 2.18. The molecule has 158 valence electrons. The van der Waals surface area contributed by atoms with Crippen molar-refractivity contribution in [3.63, 3.8) is 0 Å². The highest BCUT2D eigenvalue weighted by atomic mass is 35.5. The number of hydrogen-bond acceptors (Lipinski definition) is 4. The molecule has 1 amide bonds. The second-order valence-corrected chi connectivity index (χ2v) is 7.41. The minimum absolute atomic E-state index is 0.0588. The molecular formula is C21H17ClFN5O3. The van der Waals surface area contributed by atoms with Crippen LogP contribution in [0.25, 0.3) is 11.0 Å². The molecule has 0 atom stereocenters. The number of carbonyl (C=O) groups excluding carboxylic acids is 1. The Labute approximate surface area is 180 Å². The van der Waals surface area contributed by atoms with Gasteiger partial charge in [0, 0.05) is 24.0 Å². The normalized spacial score (nSPS) is 11.1. The van der Waals surface area contributed by atoms with Gasteiger partial charge < -0.3 is 5.32 Å². The van der Waals surface area contributed by atoms with Gasteiger partial charge in [-0.1, -0.05) is 23.7 Å². The fourth-order valence-corrected chi connectivity index (χ4v) is 3.36. The third kappa shape index (κ3) is 4.26. The van der Waals surface area contributed by atoms with Crippen molar-refractivity contribution in [1.82, 2.24) is 18.9 Å². The molecule has 4 aromatic rings. The molecule has 0 fully saturated rings. The number of nitrogens with one attached hydrogen (secondary N) is 1. The molecule has 0 radical (unpaired) electrons. The van der Waals surface area contributed by atoms with E-state index in [-0.39, 0.29) is 24.1 Å². The zero-order chi connectivity index (χ0) is 22.1. The predicted molar refractivity (Wildman–Crippen MR) is 115 cm³/mol. The number of aryl methyl sites for hydroxylation is 1. The van der Waals surface area contributed by atoms with E-state index in [4.69, 9.17) is 11.6 Å². The molecule has 4 rings (SSSR count). The van der Waals surface area contributed by atoms with Crippen LogP contribution in [0.4, 0.5) is 10.1 Å². The summed E-state index contributed by atoms with van der Waals surface area (Å²) in [5, 5.41) is 7.37. The Kier molecular flexibility index (Phi) is 5.43. The monoisotopic (exact) mass is 441 g/mol. The van der Waals surface area contributed by atoms with Gasteiger partial charge in [0.25, 0.3) is 5.56 Å². The summed E-state index contributed by atoms with van der Waals surface area (Å²) in [6.07, 6.45) is 1.51. The maximum absolute atomic E-state index is 13.2. The molecule has 2 aromatic heterocycles. The summed E-state index contributed by atoms with van der Waals surface area (Å²) in [6, 6.07) is 12.0. The van der Waals surface area contributed by atoms with Crippen molar-refractivity contribution in [3.05, 3.63) is 92.0 Å². The summed E-state index contributed by atoms with van der Waals surface area (Å²) in [5.74, 6) is -0.880. The fraction of sp³-hybridized carbons (Fsp3) is 0.143. The molecule has 0 aliphatic rings. The van der Waals surface area contributed by atoms with Crippen LogP contribution >= 0.6 is 11.6 Å². The molecule has 2 heterocycles. The maximum atomic E-state index is 13.2. The fourth-order valence-electron chi connectivity index (χ4n) is 3.23. The third-order valence-electron chi connectivity index (χ3n) is 4.69.